The van der Waals surface area contributed by atoms with Crippen molar-refractivity contribution in [1.29, 1.82) is 0 Å². The van der Waals surface area contributed by atoms with Gasteiger partial charge in [-0.1, -0.05) is 175 Å². The summed E-state index contributed by atoms with van der Waals surface area (Å²) in [5, 5.41) is 11.3. The average Bonchev–Trinajstić information content (AvgIpc) is 3.15. The third-order valence-electron chi connectivity index (χ3n) is 9.52. The van der Waals surface area contributed by atoms with Gasteiger partial charge in [-0.3, -0.25) is 0 Å². The molecule has 0 fully saturated rings. The zero-order valence-electron chi connectivity index (χ0n) is 30.0. The maximum absolute atomic E-state index is 11.3. The van der Waals surface area contributed by atoms with Crippen molar-refractivity contribution in [2.75, 3.05) is 26.2 Å². The Bertz CT molecular complexity index is 1560. The number of hydrogen-bond donors (Lipinski definition) is 1. The van der Waals surface area contributed by atoms with Gasteiger partial charge < -0.3 is 9.59 Å². The van der Waals surface area contributed by atoms with Crippen LogP contribution in [-0.2, 0) is 0 Å². The van der Waals surface area contributed by atoms with Crippen molar-refractivity contribution in [3.63, 3.8) is 0 Å². The number of unbranched alkanes of at least 4 members (excludes halogenated alkanes) is 4. The van der Waals surface area contributed by atoms with Gasteiger partial charge in [0.25, 0.3) is 0 Å². The van der Waals surface area contributed by atoms with Crippen LogP contribution in [0, 0.1) is 0 Å². The van der Waals surface area contributed by atoms with E-state index in [2.05, 4.69) is 88.4 Å². The monoisotopic (exact) mass is 640 g/mol. The normalized spacial score (nSPS) is 11.2. The van der Waals surface area contributed by atoms with Gasteiger partial charge in [-0.15, -0.1) is 0 Å². The van der Waals surface area contributed by atoms with Gasteiger partial charge in [0.2, 0.25) is 0 Å². The van der Waals surface area contributed by atoms with Crippen molar-refractivity contribution in [3.8, 4) is 50.3 Å². The second kappa shape index (κ2) is 19.6. The quantitative estimate of drug-likeness (QED) is 0.106. The lowest BCUT2D eigenvalue weighted by atomic mass is 9.82. The molecule has 0 atom stereocenters. The van der Waals surface area contributed by atoms with E-state index in [0.29, 0.717) is 0 Å². The summed E-state index contributed by atoms with van der Waals surface area (Å²) in [7, 11) is 0. The summed E-state index contributed by atoms with van der Waals surface area (Å²) in [5.41, 5.74) is 8.30. The van der Waals surface area contributed by atoms with Gasteiger partial charge in [0.15, 0.2) is 0 Å². The first-order valence-electron chi connectivity index (χ1n) is 18.5. The first-order valence-corrected chi connectivity index (χ1v) is 18.5. The van der Waals surface area contributed by atoms with Gasteiger partial charge in [-0.25, -0.2) is 0 Å². The van der Waals surface area contributed by atoms with Gasteiger partial charge >= 0.3 is 0 Å². The highest BCUT2D eigenvalue weighted by Crippen LogP contribution is 2.49. The van der Waals surface area contributed by atoms with Crippen LogP contribution in [-0.4, -0.2) is 35.8 Å². The topological polar surface area (TPSA) is 20.2 Å². The van der Waals surface area contributed by atoms with E-state index in [9.17, 15) is 5.11 Å². The highest BCUT2D eigenvalue weighted by atomic mass is 16.3. The Labute approximate surface area is 291 Å². The molecule has 0 radical (unpaired) electrons. The predicted molar refractivity (Wildman–Crippen MR) is 209 cm³/mol. The van der Waals surface area contributed by atoms with Crippen LogP contribution in [0.4, 0.5) is 0 Å². The van der Waals surface area contributed by atoms with Gasteiger partial charge in [0.05, 0.1) is 26.2 Å². The van der Waals surface area contributed by atoms with Crippen molar-refractivity contribution in [2.24, 2.45) is 0 Å². The Morgan fingerprint density at radius 1 is 0.396 bits per heavy atom. The number of hydrogen-bond acceptors (Lipinski definition) is 1. The number of phenolic OH excluding ortho intramolecular Hbond substituents is 1. The van der Waals surface area contributed by atoms with Crippen molar-refractivity contribution in [1.82, 2.24) is 0 Å². The molecule has 1 N–H and O–H groups in total. The standard InChI is InChI=1S/C30H22O.C16H36N/c31-27-21-26(22-13-5-1-6-14-22)28(23-15-7-2-8-16-23)30(25-19-11-4-12-20-25)29(27)24-17-9-3-10-18-24;1-5-9-13-17(14-10-6-2,15-11-7-3)16-12-8-4/h1-21,31H;5-16H2,1-4H3/q;+1. The molecular formula is C46H58NO+. The Morgan fingerprint density at radius 2 is 0.708 bits per heavy atom. The zero-order valence-corrected chi connectivity index (χ0v) is 30.0. The molecule has 0 aromatic heterocycles. The highest BCUT2D eigenvalue weighted by Gasteiger charge is 2.25. The fourth-order valence-corrected chi connectivity index (χ4v) is 6.85. The third kappa shape index (κ3) is 9.94. The molecule has 5 aromatic rings. The highest BCUT2D eigenvalue weighted by molar-refractivity contribution is 6.03. The SMILES string of the molecule is CCCC[N+](CCCC)(CCCC)CCCC.Oc1cc(-c2ccccc2)c(-c2ccccc2)c(-c2ccccc2)c1-c1ccccc1. The van der Waals surface area contributed by atoms with E-state index >= 15 is 0 Å². The number of nitrogens with zero attached hydrogens (tertiary/aromatic N) is 1. The van der Waals surface area contributed by atoms with Gasteiger partial charge in [-0.2, -0.15) is 0 Å². The molecule has 0 unspecified atom stereocenters. The largest absolute Gasteiger partial charge is 0.507 e. The molecule has 0 aliphatic rings. The van der Waals surface area contributed by atoms with Crippen LogP contribution < -0.4 is 0 Å². The molecule has 5 rings (SSSR count). The fourth-order valence-electron chi connectivity index (χ4n) is 6.85. The van der Waals surface area contributed by atoms with E-state index < -0.39 is 0 Å². The van der Waals surface area contributed by atoms with Gasteiger partial charge in [0, 0.05) is 11.1 Å². The summed E-state index contributed by atoms with van der Waals surface area (Å²) in [6, 6.07) is 43.1. The van der Waals surface area contributed by atoms with E-state index in [1.165, 1.54) is 82.0 Å². The summed E-state index contributed by atoms with van der Waals surface area (Å²) in [4.78, 5) is 0. The summed E-state index contributed by atoms with van der Waals surface area (Å²) in [6.07, 6.45) is 11.1. The molecule has 0 spiro atoms. The number of aromatic hydroxyl groups is 1. The second-order valence-corrected chi connectivity index (χ2v) is 13.2. The molecule has 0 aliphatic carbocycles. The van der Waals surface area contributed by atoms with E-state index in [4.69, 9.17) is 0 Å². The lowest BCUT2D eigenvalue weighted by Crippen LogP contribution is -2.50. The first-order chi connectivity index (χ1) is 23.6. The lowest BCUT2D eigenvalue weighted by Gasteiger charge is -2.39. The van der Waals surface area contributed by atoms with Crippen molar-refractivity contribution >= 4 is 0 Å². The second-order valence-electron chi connectivity index (χ2n) is 13.2. The third-order valence-corrected chi connectivity index (χ3v) is 9.52. The Hall–Kier alpha value is -4.14. The Morgan fingerprint density at radius 3 is 1.06 bits per heavy atom. The summed E-state index contributed by atoms with van der Waals surface area (Å²) < 4.78 is 1.42. The van der Waals surface area contributed by atoms with Crippen LogP contribution in [0.3, 0.4) is 0 Å². The van der Waals surface area contributed by atoms with Gasteiger partial charge in [-0.05, 0) is 65.1 Å². The maximum atomic E-state index is 11.3. The van der Waals surface area contributed by atoms with Crippen LogP contribution in [0.2, 0.25) is 0 Å². The van der Waals surface area contributed by atoms with Crippen molar-refractivity contribution < 1.29 is 9.59 Å². The zero-order chi connectivity index (χ0) is 34.0. The molecule has 0 amide bonds. The molecule has 0 aliphatic heterocycles. The fraction of sp³-hybridized carbons (Fsp3) is 0.348. The number of phenols is 1. The molecule has 0 saturated carbocycles. The van der Waals surface area contributed by atoms with Crippen LogP contribution in [0.5, 0.6) is 5.75 Å². The minimum absolute atomic E-state index is 0.281. The lowest BCUT2D eigenvalue weighted by molar-refractivity contribution is -0.929. The molecular weight excluding hydrogens is 583 g/mol. The summed E-state index contributed by atoms with van der Waals surface area (Å²) >= 11 is 0. The minimum atomic E-state index is 0.281. The molecule has 2 heteroatoms. The Balaban J connectivity index is 0.000000263. The summed E-state index contributed by atoms with van der Waals surface area (Å²) in [5.74, 6) is 0.281. The number of rotatable bonds is 16. The predicted octanol–water partition coefficient (Wildman–Crippen LogP) is 13.1. The van der Waals surface area contributed by atoms with Crippen LogP contribution in [0.25, 0.3) is 44.5 Å². The molecule has 5 aromatic carbocycles. The number of quaternary nitrogens is 1. The van der Waals surface area contributed by atoms with Crippen LogP contribution >= 0.6 is 0 Å². The number of benzene rings is 5. The molecule has 252 valence electrons. The summed E-state index contributed by atoms with van der Waals surface area (Å²) in [6.45, 7) is 15.0. The smallest absolute Gasteiger partial charge is 0.124 e. The molecule has 0 bridgehead atoms. The van der Waals surface area contributed by atoms with E-state index in [-0.39, 0.29) is 5.75 Å². The van der Waals surface area contributed by atoms with Crippen LogP contribution in [0.1, 0.15) is 79.1 Å². The van der Waals surface area contributed by atoms with Crippen LogP contribution in [0.15, 0.2) is 127 Å². The van der Waals surface area contributed by atoms with E-state index in [1.54, 1.807) is 0 Å². The molecule has 48 heavy (non-hydrogen) atoms. The van der Waals surface area contributed by atoms with Crippen molar-refractivity contribution in [3.05, 3.63) is 127 Å². The van der Waals surface area contributed by atoms with E-state index in [1.807, 2.05) is 66.7 Å². The van der Waals surface area contributed by atoms with Gasteiger partial charge in [0.1, 0.15) is 5.75 Å². The Kier molecular flexibility index (Phi) is 15.0. The maximum Gasteiger partial charge on any atom is 0.124 e. The molecule has 2 nitrogen and oxygen atoms in total. The average molecular weight is 641 g/mol. The molecule has 0 heterocycles. The van der Waals surface area contributed by atoms with E-state index in [0.717, 1.165) is 44.5 Å². The molecule has 0 saturated heterocycles. The van der Waals surface area contributed by atoms with Crippen molar-refractivity contribution in [2.45, 2.75) is 79.1 Å². The minimum Gasteiger partial charge on any atom is -0.507 e. The first kappa shape index (κ1) is 36.7.